The molecule has 0 radical (unpaired) electrons. The predicted octanol–water partition coefficient (Wildman–Crippen LogP) is 4.99. The molecule has 0 bridgehead atoms. The highest BCUT2D eigenvalue weighted by Gasteiger charge is 2.21. The van der Waals surface area contributed by atoms with Crippen LogP contribution >= 0.6 is 10.6 Å². The molecule has 2 aromatic heterocycles. The molecule has 2 aromatic carbocycles. The maximum atomic E-state index is 10.4. The van der Waals surface area contributed by atoms with E-state index in [1.165, 1.54) is 0 Å². The Morgan fingerprint density at radius 1 is 1.06 bits per heavy atom. The first-order valence-corrected chi connectivity index (χ1v) is 12.4. The predicted molar refractivity (Wildman–Crippen MR) is 134 cm³/mol. The molecule has 0 saturated heterocycles. The highest BCUT2D eigenvalue weighted by molar-refractivity contribution is 8.24. The SMILES string of the molecule is CNCc1ccc(-c2nnc(-c3nc(-c4ccc(S(O)(O)C(C)C)cc4)cnc3N)o2)c(C)c1. The number of nitrogens with one attached hydrogen (secondary N) is 1. The van der Waals surface area contributed by atoms with Gasteiger partial charge >= 0.3 is 0 Å². The minimum absolute atomic E-state index is 0.172. The zero-order valence-corrected chi connectivity index (χ0v) is 20.3. The van der Waals surface area contributed by atoms with Gasteiger partial charge in [0.15, 0.2) is 11.5 Å². The third kappa shape index (κ3) is 4.66. The fourth-order valence-electron chi connectivity index (χ4n) is 3.50. The summed E-state index contributed by atoms with van der Waals surface area (Å²) in [5, 5.41) is 11.2. The summed E-state index contributed by atoms with van der Waals surface area (Å²) in [5.74, 6) is 0.718. The van der Waals surface area contributed by atoms with Crippen LogP contribution in [0.3, 0.4) is 0 Å². The van der Waals surface area contributed by atoms with Gasteiger partial charge in [0, 0.05) is 22.9 Å². The Morgan fingerprint density at radius 2 is 1.76 bits per heavy atom. The Hall–Kier alpha value is -3.31. The largest absolute Gasteiger partial charge is 0.414 e. The highest BCUT2D eigenvalue weighted by atomic mass is 32.3. The minimum atomic E-state index is -2.86. The minimum Gasteiger partial charge on any atom is -0.414 e. The first-order valence-electron chi connectivity index (χ1n) is 10.8. The Bertz CT molecular complexity index is 1300. The molecule has 0 fully saturated rings. The molecule has 34 heavy (non-hydrogen) atoms. The van der Waals surface area contributed by atoms with E-state index in [1.54, 1.807) is 44.3 Å². The molecule has 0 unspecified atom stereocenters. The lowest BCUT2D eigenvalue weighted by Gasteiger charge is -2.36. The van der Waals surface area contributed by atoms with Crippen LogP contribution < -0.4 is 11.1 Å². The lowest BCUT2D eigenvalue weighted by Crippen LogP contribution is -2.10. The van der Waals surface area contributed by atoms with Crippen molar-refractivity contribution >= 4 is 16.4 Å². The molecule has 0 atom stereocenters. The van der Waals surface area contributed by atoms with Crippen molar-refractivity contribution in [2.24, 2.45) is 0 Å². The van der Waals surface area contributed by atoms with Crippen LogP contribution in [0, 0.1) is 6.92 Å². The monoisotopic (exact) mass is 480 g/mol. The van der Waals surface area contributed by atoms with Crippen LogP contribution in [0.1, 0.15) is 25.0 Å². The fraction of sp³-hybridized carbons (Fsp3) is 0.250. The van der Waals surface area contributed by atoms with Crippen LogP contribution in [-0.4, -0.2) is 41.6 Å². The van der Waals surface area contributed by atoms with Crippen molar-refractivity contribution in [3.8, 4) is 34.3 Å². The number of nitrogen functional groups attached to an aromatic ring is 1. The number of benzene rings is 2. The van der Waals surface area contributed by atoms with E-state index in [0.717, 1.165) is 28.8 Å². The Kier molecular flexibility index (Phi) is 6.67. The second-order valence-electron chi connectivity index (χ2n) is 8.25. The van der Waals surface area contributed by atoms with E-state index in [0.29, 0.717) is 16.5 Å². The van der Waals surface area contributed by atoms with Crippen molar-refractivity contribution in [1.29, 1.82) is 0 Å². The molecule has 0 amide bonds. The molecule has 4 aromatic rings. The molecule has 0 aliphatic rings. The highest BCUT2D eigenvalue weighted by Crippen LogP contribution is 2.52. The van der Waals surface area contributed by atoms with Crippen molar-refractivity contribution in [3.63, 3.8) is 0 Å². The molecule has 4 rings (SSSR count). The molecular weight excluding hydrogens is 452 g/mol. The Balaban J connectivity index is 1.65. The molecule has 0 saturated carbocycles. The Morgan fingerprint density at radius 3 is 2.41 bits per heavy atom. The van der Waals surface area contributed by atoms with E-state index in [2.05, 4.69) is 31.5 Å². The van der Waals surface area contributed by atoms with Gasteiger partial charge in [-0.2, -0.15) is 10.6 Å². The summed E-state index contributed by atoms with van der Waals surface area (Å²) in [5.41, 5.74) is 10.7. The molecule has 0 aliphatic carbocycles. The second kappa shape index (κ2) is 9.51. The lowest BCUT2D eigenvalue weighted by atomic mass is 10.1. The van der Waals surface area contributed by atoms with E-state index in [4.69, 9.17) is 10.2 Å². The van der Waals surface area contributed by atoms with Gasteiger partial charge < -0.3 is 15.5 Å². The van der Waals surface area contributed by atoms with Crippen LogP contribution in [0.4, 0.5) is 5.82 Å². The van der Waals surface area contributed by atoms with Crippen molar-refractivity contribution in [2.75, 3.05) is 12.8 Å². The average Bonchev–Trinajstić information content (AvgIpc) is 3.29. The molecule has 0 aliphatic heterocycles. The first-order chi connectivity index (χ1) is 16.2. The molecule has 2 heterocycles. The topological polar surface area (TPSA) is 143 Å². The summed E-state index contributed by atoms with van der Waals surface area (Å²) < 4.78 is 26.7. The lowest BCUT2D eigenvalue weighted by molar-refractivity contribution is 0.476. The number of hydrogen-bond acceptors (Lipinski definition) is 9. The summed E-state index contributed by atoms with van der Waals surface area (Å²) >= 11 is 0. The van der Waals surface area contributed by atoms with Gasteiger partial charge in [-0.05, 0) is 57.1 Å². The maximum absolute atomic E-state index is 10.4. The van der Waals surface area contributed by atoms with Gasteiger partial charge in [0.1, 0.15) is 0 Å². The molecule has 10 heteroatoms. The van der Waals surface area contributed by atoms with Crippen LogP contribution in [0.2, 0.25) is 0 Å². The van der Waals surface area contributed by atoms with Gasteiger partial charge in [-0.3, -0.25) is 9.11 Å². The van der Waals surface area contributed by atoms with Crippen molar-refractivity contribution in [3.05, 3.63) is 59.8 Å². The summed E-state index contributed by atoms with van der Waals surface area (Å²) in [6, 6.07) is 12.9. The van der Waals surface area contributed by atoms with Crippen LogP contribution in [0.5, 0.6) is 0 Å². The standard InChI is InChI=1S/C24H28N6O3S/c1-14(2)34(31,32)18-8-6-17(7-9-18)20-13-27-22(25)21(28-20)24-30-29-23(33-24)19-10-5-16(12-26-4)11-15(19)3/h5-11,13-14,26,31-32H,12H2,1-4H3,(H2,25,27). The van der Waals surface area contributed by atoms with Crippen molar-refractivity contribution < 1.29 is 13.5 Å². The van der Waals surface area contributed by atoms with E-state index < -0.39 is 10.6 Å². The number of nitrogens with zero attached hydrogens (tertiary/aromatic N) is 4. The Labute approximate surface area is 199 Å². The molecule has 0 spiro atoms. The molecule has 178 valence electrons. The number of aryl methyl sites for hydroxylation is 1. The van der Waals surface area contributed by atoms with Gasteiger partial charge in [-0.25, -0.2) is 9.97 Å². The van der Waals surface area contributed by atoms with E-state index >= 15 is 0 Å². The second-order valence-corrected chi connectivity index (χ2v) is 10.8. The number of anilines is 1. The third-order valence-corrected chi connectivity index (χ3v) is 7.77. The van der Waals surface area contributed by atoms with Gasteiger partial charge in [-0.15, -0.1) is 10.2 Å². The average molecular weight is 481 g/mol. The summed E-state index contributed by atoms with van der Waals surface area (Å²) in [4.78, 5) is 9.33. The third-order valence-electron chi connectivity index (χ3n) is 5.48. The molecule has 9 nitrogen and oxygen atoms in total. The van der Waals surface area contributed by atoms with Crippen LogP contribution in [0.15, 0.2) is 58.0 Å². The molecule has 5 N–H and O–H groups in total. The number of nitrogens with two attached hydrogens (primary N) is 1. The maximum Gasteiger partial charge on any atom is 0.270 e. The summed E-state index contributed by atoms with van der Waals surface area (Å²) in [6.07, 6.45) is 1.55. The summed E-state index contributed by atoms with van der Waals surface area (Å²) in [7, 11) is -0.956. The van der Waals surface area contributed by atoms with E-state index in [9.17, 15) is 9.11 Å². The van der Waals surface area contributed by atoms with E-state index in [-0.39, 0.29) is 22.7 Å². The van der Waals surface area contributed by atoms with Gasteiger partial charge in [0.05, 0.1) is 16.8 Å². The number of rotatable bonds is 7. The van der Waals surface area contributed by atoms with Crippen molar-refractivity contribution in [2.45, 2.75) is 37.5 Å². The number of aromatic nitrogens is 4. The van der Waals surface area contributed by atoms with Crippen molar-refractivity contribution in [1.82, 2.24) is 25.5 Å². The van der Waals surface area contributed by atoms with Gasteiger partial charge in [0.2, 0.25) is 5.89 Å². The van der Waals surface area contributed by atoms with Crippen LogP contribution in [0.25, 0.3) is 34.3 Å². The van der Waals surface area contributed by atoms with Gasteiger partial charge in [0.25, 0.3) is 5.89 Å². The normalized spacial score (nSPS) is 12.3. The zero-order valence-electron chi connectivity index (χ0n) is 19.5. The fourth-order valence-corrected chi connectivity index (χ4v) is 4.58. The zero-order chi connectivity index (χ0) is 24.5. The van der Waals surface area contributed by atoms with Crippen LogP contribution in [-0.2, 0) is 6.54 Å². The first kappa shape index (κ1) is 23.8. The quantitative estimate of drug-likeness (QED) is 0.287. The summed E-state index contributed by atoms with van der Waals surface area (Å²) in [6.45, 7) is 6.31. The van der Waals surface area contributed by atoms with Gasteiger partial charge in [-0.1, -0.05) is 24.3 Å². The smallest absolute Gasteiger partial charge is 0.270 e. The number of hydrogen-bond donors (Lipinski definition) is 4. The van der Waals surface area contributed by atoms with E-state index in [1.807, 2.05) is 26.1 Å². The molecular formula is C24H28N6O3S.